The van der Waals surface area contributed by atoms with Crippen molar-refractivity contribution in [3.05, 3.63) is 152 Å². The summed E-state index contributed by atoms with van der Waals surface area (Å²) in [4.78, 5) is 55.7. The van der Waals surface area contributed by atoms with Crippen LogP contribution in [-0.2, 0) is 27.2 Å². The number of amides is 3. The van der Waals surface area contributed by atoms with Gasteiger partial charge in [-0.05, 0) is 90.4 Å². The van der Waals surface area contributed by atoms with Crippen LogP contribution in [-0.4, -0.2) is 30.8 Å². The first kappa shape index (κ1) is 36.8. The summed E-state index contributed by atoms with van der Waals surface area (Å²) in [6.07, 6.45) is 4.20. The number of rotatable bonds is 11. The molecule has 8 nitrogen and oxygen atoms in total. The standard InChI is InChI=1S/C41H36BrN3O5S2/c1-25-16-21-32-34(22-25)52-40(35(32)41(49)50-2)45-39(48)36(27-10-5-3-6-11-27)51-31-15-9-14-30(24-31)43-38(47)33(23-26-17-19-29(42)20-18-26)44-37(46)28-12-7-4-8-13-28/h3-15,17-20,23-25,36H,16,21-22H2,1-2H3,(H,43,47)(H,44,46)(H,45,48)/b33-23+. The number of halogens is 1. The first-order valence-corrected chi connectivity index (χ1v) is 19.2. The summed E-state index contributed by atoms with van der Waals surface area (Å²) in [5.74, 6) is -1.18. The van der Waals surface area contributed by atoms with Gasteiger partial charge >= 0.3 is 5.97 Å². The molecule has 52 heavy (non-hydrogen) atoms. The van der Waals surface area contributed by atoms with Crippen molar-refractivity contribution in [1.29, 1.82) is 0 Å². The number of anilines is 2. The van der Waals surface area contributed by atoms with E-state index in [1.54, 1.807) is 48.5 Å². The van der Waals surface area contributed by atoms with Crippen LogP contribution in [0.25, 0.3) is 6.08 Å². The Hall–Kier alpha value is -4.97. The minimum atomic E-state index is -0.686. The van der Waals surface area contributed by atoms with Crippen LogP contribution in [0.3, 0.4) is 0 Å². The highest BCUT2D eigenvalue weighted by Crippen LogP contribution is 2.42. The second-order valence-corrected chi connectivity index (χ2v) is 15.6. The number of carbonyl (C=O) groups excluding carboxylic acids is 4. The Bertz CT molecular complexity index is 2120. The van der Waals surface area contributed by atoms with Crippen molar-refractivity contribution in [3.8, 4) is 0 Å². The van der Waals surface area contributed by atoms with E-state index in [1.165, 1.54) is 30.2 Å². The fourth-order valence-corrected chi connectivity index (χ4v) is 8.63. The first-order valence-electron chi connectivity index (χ1n) is 16.7. The molecule has 4 aromatic carbocycles. The summed E-state index contributed by atoms with van der Waals surface area (Å²) >= 11 is 6.20. The third kappa shape index (κ3) is 9.08. The summed E-state index contributed by atoms with van der Waals surface area (Å²) in [6, 6.07) is 32.6. The minimum Gasteiger partial charge on any atom is -0.465 e. The number of fused-ring (bicyclic) bond motifs is 1. The maximum atomic E-state index is 14.1. The molecule has 0 radical (unpaired) electrons. The normalized spacial score (nSPS) is 14.4. The van der Waals surface area contributed by atoms with Crippen LogP contribution >= 0.6 is 39.0 Å². The molecule has 0 saturated carbocycles. The summed E-state index contributed by atoms with van der Waals surface area (Å²) < 4.78 is 6.02. The number of hydrogen-bond acceptors (Lipinski definition) is 7. The Morgan fingerprint density at radius 2 is 1.62 bits per heavy atom. The van der Waals surface area contributed by atoms with Crippen molar-refractivity contribution in [2.45, 2.75) is 36.3 Å². The lowest BCUT2D eigenvalue weighted by atomic mass is 9.88. The number of thioether (sulfide) groups is 1. The van der Waals surface area contributed by atoms with Crippen molar-refractivity contribution in [2.24, 2.45) is 5.92 Å². The maximum Gasteiger partial charge on any atom is 0.341 e. The average molecular weight is 795 g/mol. The number of methoxy groups -OCH3 is 1. The summed E-state index contributed by atoms with van der Waals surface area (Å²) in [5, 5.41) is 8.57. The predicted molar refractivity (Wildman–Crippen MR) is 212 cm³/mol. The van der Waals surface area contributed by atoms with Crippen molar-refractivity contribution < 1.29 is 23.9 Å². The van der Waals surface area contributed by atoms with E-state index in [-0.39, 0.29) is 11.6 Å². The van der Waals surface area contributed by atoms with Crippen LogP contribution in [0.1, 0.15) is 60.9 Å². The molecule has 0 bridgehead atoms. The highest BCUT2D eigenvalue weighted by atomic mass is 79.9. The number of carbonyl (C=O) groups is 4. The van der Waals surface area contributed by atoms with Gasteiger partial charge in [0.1, 0.15) is 15.9 Å². The van der Waals surface area contributed by atoms with Crippen molar-refractivity contribution in [2.75, 3.05) is 17.7 Å². The molecule has 3 N–H and O–H groups in total. The van der Waals surface area contributed by atoms with E-state index in [9.17, 15) is 19.2 Å². The topological polar surface area (TPSA) is 114 Å². The summed E-state index contributed by atoms with van der Waals surface area (Å²) in [5.41, 5.74) is 3.85. The summed E-state index contributed by atoms with van der Waals surface area (Å²) in [7, 11) is 1.36. The highest BCUT2D eigenvalue weighted by Gasteiger charge is 2.31. The lowest BCUT2D eigenvalue weighted by Gasteiger charge is -2.18. The molecule has 0 aliphatic heterocycles. The van der Waals surface area contributed by atoms with Gasteiger partial charge in [-0.3, -0.25) is 14.4 Å². The number of thiophene rings is 1. The fourth-order valence-electron chi connectivity index (χ4n) is 5.88. The molecule has 1 aliphatic rings. The number of benzene rings is 4. The van der Waals surface area contributed by atoms with Crippen molar-refractivity contribution >= 4 is 79.5 Å². The number of hydrogen-bond donors (Lipinski definition) is 3. The van der Waals surface area contributed by atoms with E-state index in [1.807, 2.05) is 66.7 Å². The molecule has 1 heterocycles. The monoisotopic (exact) mass is 793 g/mol. The van der Waals surface area contributed by atoms with Crippen LogP contribution in [0.5, 0.6) is 0 Å². The molecule has 11 heteroatoms. The third-order valence-electron chi connectivity index (χ3n) is 8.53. The Labute approximate surface area is 319 Å². The molecule has 5 aromatic rings. The van der Waals surface area contributed by atoms with Gasteiger partial charge in [0, 0.05) is 25.5 Å². The second kappa shape index (κ2) is 17.0. The van der Waals surface area contributed by atoms with Gasteiger partial charge in [0.25, 0.3) is 11.8 Å². The van der Waals surface area contributed by atoms with E-state index in [4.69, 9.17) is 4.74 Å². The highest BCUT2D eigenvalue weighted by molar-refractivity contribution is 9.10. The Kier molecular flexibility index (Phi) is 12.1. The number of nitrogens with one attached hydrogen (secondary N) is 3. The van der Waals surface area contributed by atoms with Gasteiger partial charge in [-0.15, -0.1) is 23.1 Å². The molecule has 0 fully saturated rings. The molecule has 1 aliphatic carbocycles. The molecule has 6 rings (SSSR count). The summed E-state index contributed by atoms with van der Waals surface area (Å²) in [6.45, 7) is 2.19. The lowest BCUT2D eigenvalue weighted by molar-refractivity contribution is -0.116. The van der Waals surface area contributed by atoms with Gasteiger partial charge in [0.05, 0.1) is 12.7 Å². The predicted octanol–water partition coefficient (Wildman–Crippen LogP) is 9.30. The average Bonchev–Trinajstić information content (AvgIpc) is 3.51. The van der Waals surface area contributed by atoms with Gasteiger partial charge < -0.3 is 20.7 Å². The van der Waals surface area contributed by atoms with E-state index in [0.717, 1.165) is 50.2 Å². The Morgan fingerprint density at radius 1 is 0.904 bits per heavy atom. The maximum absolute atomic E-state index is 14.1. The van der Waals surface area contributed by atoms with Crippen LogP contribution in [0, 0.1) is 5.92 Å². The Balaban J connectivity index is 1.25. The fraction of sp³-hybridized carbons (Fsp3) is 0.171. The molecule has 264 valence electrons. The second-order valence-electron chi connectivity index (χ2n) is 12.4. The van der Waals surface area contributed by atoms with Crippen LogP contribution in [0.15, 0.2) is 124 Å². The zero-order chi connectivity index (χ0) is 36.6. The lowest BCUT2D eigenvalue weighted by Crippen LogP contribution is -2.30. The SMILES string of the molecule is COC(=O)c1c(NC(=O)C(Sc2cccc(NC(=O)/C(=C\c3ccc(Br)cc3)NC(=O)c3ccccc3)c2)c2ccccc2)sc2c1CCC(C)C2. The molecular formula is C41H36BrN3O5S2. The molecule has 0 spiro atoms. The van der Waals surface area contributed by atoms with E-state index in [2.05, 4.69) is 38.8 Å². The van der Waals surface area contributed by atoms with Gasteiger partial charge in [-0.25, -0.2) is 4.79 Å². The molecule has 3 amide bonds. The number of ether oxygens (including phenoxy) is 1. The van der Waals surface area contributed by atoms with E-state index >= 15 is 0 Å². The largest absolute Gasteiger partial charge is 0.465 e. The smallest absolute Gasteiger partial charge is 0.341 e. The van der Waals surface area contributed by atoms with Crippen LogP contribution in [0.2, 0.25) is 0 Å². The van der Waals surface area contributed by atoms with Crippen LogP contribution in [0.4, 0.5) is 10.7 Å². The zero-order valence-electron chi connectivity index (χ0n) is 28.5. The molecule has 1 aromatic heterocycles. The molecular weight excluding hydrogens is 759 g/mol. The van der Waals surface area contributed by atoms with Gasteiger partial charge in [0.15, 0.2) is 0 Å². The molecule has 2 unspecified atom stereocenters. The molecule has 0 saturated heterocycles. The van der Waals surface area contributed by atoms with Gasteiger partial charge in [-0.2, -0.15) is 0 Å². The minimum absolute atomic E-state index is 0.0604. The third-order valence-corrected chi connectivity index (χ3v) is 11.5. The molecule has 2 atom stereocenters. The van der Waals surface area contributed by atoms with Gasteiger partial charge in [-0.1, -0.05) is 89.6 Å². The number of esters is 1. The van der Waals surface area contributed by atoms with E-state index < -0.39 is 23.0 Å². The van der Waals surface area contributed by atoms with Crippen molar-refractivity contribution in [3.63, 3.8) is 0 Å². The zero-order valence-corrected chi connectivity index (χ0v) is 31.7. The van der Waals surface area contributed by atoms with Gasteiger partial charge in [0.2, 0.25) is 5.91 Å². The Morgan fingerprint density at radius 3 is 2.33 bits per heavy atom. The first-order chi connectivity index (χ1) is 25.2. The van der Waals surface area contributed by atoms with Crippen molar-refractivity contribution in [1.82, 2.24) is 5.32 Å². The quantitative estimate of drug-likeness (QED) is 0.0698. The van der Waals surface area contributed by atoms with Crippen LogP contribution < -0.4 is 16.0 Å². The van der Waals surface area contributed by atoms with E-state index in [0.29, 0.717) is 27.7 Å².